The van der Waals surface area contributed by atoms with Gasteiger partial charge in [-0.05, 0) is 53.6 Å². The third kappa shape index (κ3) is 2.06. The second-order valence-electron chi connectivity index (χ2n) is 4.09. The van der Waals surface area contributed by atoms with Crippen LogP contribution in [0.3, 0.4) is 0 Å². The van der Waals surface area contributed by atoms with Crippen LogP contribution in [0.4, 0.5) is 5.95 Å². The van der Waals surface area contributed by atoms with Gasteiger partial charge in [-0.2, -0.15) is 15.0 Å². The molecule has 0 aromatic carbocycles. The summed E-state index contributed by atoms with van der Waals surface area (Å²) in [6.45, 7) is 3.00. The molecule has 1 unspecified atom stereocenters. The molecule has 0 fully saturated rings. The van der Waals surface area contributed by atoms with E-state index in [2.05, 4.69) is 38.2 Å². The van der Waals surface area contributed by atoms with Crippen molar-refractivity contribution < 1.29 is 0 Å². The van der Waals surface area contributed by atoms with Crippen LogP contribution in [-0.4, -0.2) is 21.5 Å². The number of halogens is 2. The summed E-state index contributed by atoms with van der Waals surface area (Å²) in [6, 6.07) is 2.39. The molecule has 0 spiro atoms. The standard InChI is InChI=1S/C11H10Cl2N4S/c1-6-7-3-5-18-8(7)2-4-17(6)11-15-9(12)14-10(13)16-11/h3,5-6H,2,4H2,1H3. The van der Waals surface area contributed by atoms with E-state index in [4.69, 9.17) is 23.2 Å². The Balaban J connectivity index is 1.99. The van der Waals surface area contributed by atoms with Crippen molar-refractivity contribution in [2.45, 2.75) is 19.4 Å². The molecule has 2 aromatic rings. The fourth-order valence-electron chi connectivity index (χ4n) is 2.23. The molecular formula is C11H10Cl2N4S. The van der Waals surface area contributed by atoms with Gasteiger partial charge in [0.25, 0.3) is 0 Å². The lowest BCUT2D eigenvalue weighted by atomic mass is 10.0. The van der Waals surface area contributed by atoms with Gasteiger partial charge in [-0.1, -0.05) is 0 Å². The normalized spacial score (nSPS) is 18.8. The first-order chi connectivity index (χ1) is 8.65. The Kier molecular flexibility index (Phi) is 3.13. The van der Waals surface area contributed by atoms with Crippen molar-refractivity contribution in [3.63, 3.8) is 0 Å². The van der Waals surface area contributed by atoms with Gasteiger partial charge in [-0.25, -0.2) is 0 Å². The molecular weight excluding hydrogens is 291 g/mol. The van der Waals surface area contributed by atoms with E-state index in [1.807, 2.05) is 0 Å². The maximum Gasteiger partial charge on any atom is 0.231 e. The van der Waals surface area contributed by atoms with E-state index in [-0.39, 0.29) is 16.6 Å². The largest absolute Gasteiger partial charge is 0.333 e. The fourth-order valence-corrected chi connectivity index (χ4v) is 3.54. The Labute approximate surface area is 119 Å². The van der Waals surface area contributed by atoms with Crippen LogP contribution in [0.1, 0.15) is 23.4 Å². The predicted octanol–water partition coefficient (Wildman–Crippen LogP) is 3.36. The molecule has 3 heterocycles. The van der Waals surface area contributed by atoms with Gasteiger partial charge < -0.3 is 4.90 Å². The summed E-state index contributed by atoms with van der Waals surface area (Å²) in [6.07, 6.45) is 0.998. The minimum Gasteiger partial charge on any atom is -0.333 e. The first-order valence-electron chi connectivity index (χ1n) is 5.55. The Morgan fingerprint density at radius 2 is 2.00 bits per heavy atom. The maximum absolute atomic E-state index is 5.82. The van der Waals surface area contributed by atoms with E-state index in [9.17, 15) is 0 Å². The Morgan fingerprint density at radius 3 is 2.72 bits per heavy atom. The maximum atomic E-state index is 5.82. The number of nitrogens with zero attached hydrogens (tertiary/aromatic N) is 4. The van der Waals surface area contributed by atoms with Crippen molar-refractivity contribution in [1.82, 2.24) is 15.0 Å². The number of fused-ring (bicyclic) bond motifs is 1. The van der Waals surface area contributed by atoms with Gasteiger partial charge in [0.15, 0.2) is 0 Å². The second-order valence-corrected chi connectivity index (χ2v) is 5.77. The van der Waals surface area contributed by atoms with Gasteiger partial charge in [-0.15, -0.1) is 11.3 Å². The van der Waals surface area contributed by atoms with E-state index >= 15 is 0 Å². The molecule has 94 valence electrons. The van der Waals surface area contributed by atoms with Crippen LogP contribution in [-0.2, 0) is 6.42 Å². The van der Waals surface area contributed by atoms with E-state index in [0.29, 0.717) is 5.95 Å². The van der Waals surface area contributed by atoms with Crippen LogP contribution in [0.5, 0.6) is 0 Å². The highest BCUT2D eigenvalue weighted by Gasteiger charge is 2.27. The summed E-state index contributed by atoms with van der Waals surface area (Å²) < 4.78 is 0. The molecule has 0 radical (unpaired) electrons. The number of thiophene rings is 1. The average molecular weight is 301 g/mol. The Morgan fingerprint density at radius 1 is 1.28 bits per heavy atom. The zero-order chi connectivity index (χ0) is 12.7. The fraction of sp³-hybridized carbons (Fsp3) is 0.364. The Hall–Kier alpha value is -0.910. The molecule has 1 aliphatic rings. The Bertz CT molecular complexity index is 566. The van der Waals surface area contributed by atoms with E-state index < -0.39 is 0 Å². The third-order valence-electron chi connectivity index (χ3n) is 3.10. The van der Waals surface area contributed by atoms with E-state index in [1.54, 1.807) is 11.3 Å². The molecule has 3 rings (SSSR count). The highest BCUT2D eigenvalue weighted by molar-refractivity contribution is 7.10. The van der Waals surface area contributed by atoms with Crippen molar-refractivity contribution in [3.8, 4) is 0 Å². The van der Waals surface area contributed by atoms with Crippen LogP contribution >= 0.6 is 34.5 Å². The number of rotatable bonds is 1. The minimum atomic E-state index is 0.133. The first kappa shape index (κ1) is 12.1. The molecule has 0 N–H and O–H groups in total. The molecule has 0 saturated heterocycles. The molecule has 7 heteroatoms. The lowest BCUT2D eigenvalue weighted by Gasteiger charge is -2.33. The smallest absolute Gasteiger partial charge is 0.231 e. The first-order valence-corrected chi connectivity index (χ1v) is 7.18. The van der Waals surface area contributed by atoms with Crippen molar-refractivity contribution in [2.24, 2.45) is 0 Å². The van der Waals surface area contributed by atoms with Crippen molar-refractivity contribution in [2.75, 3.05) is 11.4 Å². The van der Waals surface area contributed by atoms with Crippen LogP contribution in [0, 0.1) is 0 Å². The highest BCUT2D eigenvalue weighted by atomic mass is 35.5. The van der Waals surface area contributed by atoms with Gasteiger partial charge in [0.05, 0.1) is 6.04 Å². The summed E-state index contributed by atoms with van der Waals surface area (Å²) in [5.74, 6) is 0.546. The van der Waals surface area contributed by atoms with E-state index in [0.717, 1.165) is 13.0 Å². The zero-order valence-corrected chi connectivity index (χ0v) is 11.9. The molecule has 1 atom stereocenters. The molecule has 0 bridgehead atoms. The molecule has 0 saturated carbocycles. The molecule has 0 amide bonds. The second kappa shape index (κ2) is 4.64. The molecule has 18 heavy (non-hydrogen) atoms. The quantitative estimate of drug-likeness (QED) is 0.810. The highest BCUT2D eigenvalue weighted by Crippen LogP contribution is 2.34. The molecule has 4 nitrogen and oxygen atoms in total. The molecule has 1 aliphatic heterocycles. The van der Waals surface area contributed by atoms with Gasteiger partial charge in [0, 0.05) is 11.4 Å². The molecule has 2 aromatic heterocycles. The van der Waals surface area contributed by atoms with Crippen LogP contribution in [0.25, 0.3) is 0 Å². The van der Waals surface area contributed by atoms with Gasteiger partial charge in [0.1, 0.15) is 0 Å². The van der Waals surface area contributed by atoms with Gasteiger partial charge in [-0.3, -0.25) is 0 Å². The number of hydrogen-bond donors (Lipinski definition) is 0. The SMILES string of the molecule is CC1c2ccsc2CCN1c1nc(Cl)nc(Cl)n1. The van der Waals surface area contributed by atoms with Crippen LogP contribution in [0.2, 0.25) is 10.6 Å². The average Bonchev–Trinajstić information content (AvgIpc) is 2.77. The van der Waals surface area contributed by atoms with Crippen LogP contribution in [0.15, 0.2) is 11.4 Å². The van der Waals surface area contributed by atoms with Crippen molar-refractivity contribution in [3.05, 3.63) is 32.5 Å². The van der Waals surface area contributed by atoms with Crippen LogP contribution < -0.4 is 4.90 Å². The lowest BCUT2D eigenvalue weighted by Crippen LogP contribution is -2.34. The number of hydrogen-bond acceptors (Lipinski definition) is 5. The van der Waals surface area contributed by atoms with Gasteiger partial charge >= 0.3 is 0 Å². The van der Waals surface area contributed by atoms with E-state index in [1.165, 1.54) is 10.4 Å². The number of anilines is 1. The summed E-state index contributed by atoms with van der Waals surface area (Å²) in [5.41, 5.74) is 1.33. The third-order valence-corrected chi connectivity index (χ3v) is 4.44. The lowest BCUT2D eigenvalue weighted by molar-refractivity contribution is 0.614. The summed E-state index contributed by atoms with van der Waals surface area (Å²) in [5, 5.41) is 2.39. The predicted molar refractivity (Wildman–Crippen MR) is 73.6 cm³/mol. The topological polar surface area (TPSA) is 41.9 Å². The van der Waals surface area contributed by atoms with Crippen molar-refractivity contribution >= 4 is 40.5 Å². The zero-order valence-electron chi connectivity index (χ0n) is 9.60. The number of aromatic nitrogens is 3. The summed E-state index contributed by atoms with van der Waals surface area (Å²) >= 11 is 13.5. The van der Waals surface area contributed by atoms with Crippen molar-refractivity contribution in [1.29, 1.82) is 0 Å². The molecule has 0 aliphatic carbocycles. The monoisotopic (exact) mass is 300 g/mol. The minimum absolute atomic E-state index is 0.133. The summed E-state index contributed by atoms with van der Waals surface area (Å²) in [7, 11) is 0. The summed E-state index contributed by atoms with van der Waals surface area (Å²) in [4.78, 5) is 15.6. The van der Waals surface area contributed by atoms with Gasteiger partial charge in [0.2, 0.25) is 16.5 Å².